The zero-order valence-corrected chi connectivity index (χ0v) is 15.1. The SMILES string of the molecule is Cc1ccccc1CS(=O)(=O)NCCC(=O)Nc1ccc2c(c1)OCO2. The number of nitrogens with one attached hydrogen (secondary N) is 2. The smallest absolute Gasteiger partial charge is 0.231 e. The van der Waals surface area contributed by atoms with E-state index < -0.39 is 10.0 Å². The monoisotopic (exact) mass is 376 g/mol. The molecule has 3 rings (SSSR count). The van der Waals surface area contributed by atoms with Gasteiger partial charge in [-0.05, 0) is 30.2 Å². The van der Waals surface area contributed by atoms with Gasteiger partial charge in [-0.25, -0.2) is 13.1 Å². The highest BCUT2D eigenvalue weighted by Crippen LogP contribution is 2.34. The lowest BCUT2D eigenvalue weighted by molar-refractivity contribution is -0.116. The summed E-state index contributed by atoms with van der Waals surface area (Å²) in [5, 5.41) is 2.71. The molecule has 0 spiro atoms. The number of aryl methyl sites for hydroxylation is 1. The van der Waals surface area contributed by atoms with Crippen molar-refractivity contribution in [1.29, 1.82) is 0 Å². The molecule has 0 atom stereocenters. The van der Waals surface area contributed by atoms with Gasteiger partial charge >= 0.3 is 0 Å². The van der Waals surface area contributed by atoms with Crippen LogP contribution in [-0.2, 0) is 20.6 Å². The van der Waals surface area contributed by atoms with Gasteiger partial charge in [0, 0.05) is 24.7 Å². The molecule has 26 heavy (non-hydrogen) atoms. The zero-order chi connectivity index (χ0) is 18.6. The summed E-state index contributed by atoms with van der Waals surface area (Å²) in [6, 6.07) is 12.4. The maximum atomic E-state index is 12.1. The van der Waals surface area contributed by atoms with Gasteiger partial charge in [-0.1, -0.05) is 24.3 Å². The minimum absolute atomic E-state index is 0.0292. The average molecular weight is 376 g/mol. The first kappa shape index (κ1) is 18.2. The van der Waals surface area contributed by atoms with Crippen molar-refractivity contribution in [2.24, 2.45) is 0 Å². The molecule has 0 saturated heterocycles. The number of anilines is 1. The molecular formula is C18H20N2O5S. The zero-order valence-electron chi connectivity index (χ0n) is 14.3. The highest BCUT2D eigenvalue weighted by atomic mass is 32.2. The lowest BCUT2D eigenvalue weighted by Gasteiger charge is -2.09. The number of ether oxygens (including phenoxy) is 2. The van der Waals surface area contributed by atoms with E-state index in [2.05, 4.69) is 10.0 Å². The Morgan fingerprint density at radius 3 is 2.69 bits per heavy atom. The summed E-state index contributed by atoms with van der Waals surface area (Å²) in [5.41, 5.74) is 2.23. The number of hydrogen-bond donors (Lipinski definition) is 2. The summed E-state index contributed by atoms with van der Waals surface area (Å²) in [6.07, 6.45) is 0.0292. The Labute approximate surface area is 152 Å². The van der Waals surface area contributed by atoms with Crippen LogP contribution >= 0.6 is 0 Å². The van der Waals surface area contributed by atoms with Crippen molar-refractivity contribution in [1.82, 2.24) is 4.72 Å². The van der Waals surface area contributed by atoms with Gasteiger partial charge < -0.3 is 14.8 Å². The van der Waals surface area contributed by atoms with Crippen molar-refractivity contribution in [2.75, 3.05) is 18.7 Å². The summed E-state index contributed by atoms with van der Waals surface area (Å²) in [7, 11) is -3.50. The van der Waals surface area contributed by atoms with Gasteiger partial charge in [0.25, 0.3) is 0 Å². The molecule has 0 unspecified atom stereocenters. The van der Waals surface area contributed by atoms with Crippen LogP contribution in [0.4, 0.5) is 5.69 Å². The van der Waals surface area contributed by atoms with E-state index in [1.165, 1.54) is 0 Å². The van der Waals surface area contributed by atoms with Gasteiger partial charge in [0.2, 0.25) is 22.7 Å². The highest BCUT2D eigenvalue weighted by Gasteiger charge is 2.15. The summed E-state index contributed by atoms with van der Waals surface area (Å²) in [6.45, 7) is 2.06. The second-order valence-corrected chi connectivity index (χ2v) is 7.75. The molecule has 8 heteroatoms. The summed E-state index contributed by atoms with van der Waals surface area (Å²) >= 11 is 0. The molecule has 2 N–H and O–H groups in total. The van der Waals surface area contributed by atoms with Gasteiger partial charge in [-0.15, -0.1) is 0 Å². The Bertz CT molecular complexity index is 912. The van der Waals surface area contributed by atoms with E-state index in [0.29, 0.717) is 17.2 Å². The number of amides is 1. The maximum Gasteiger partial charge on any atom is 0.231 e. The van der Waals surface area contributed by atoms with E-state index in [9.17, 15) is 13.2 Å². The number of rotatable bonds is 7. The molecule has 1 aliphatic heterocycles. The van der Waals surface area contributed by atoms with Crippen LogP contribution in [0.25, 0.3) is 0 Å². The third-order valence-corrected chi connectivity index (χ3v) is 5.27. The van der Waals surface area contributed by atoms with E-state index in [0.717, 1.165) is 11.1 Å². The Morgan fingerprint density at radius 2 is 1.88 bits per heavy atom. The summed E-state index contributed by atoms with van der Waals surface area (Å²) in [5.74, 6) is 0.805. The van der Waals surface area contributed by atoms with Gasteiger partial charge in [0.1, 0.15) is 0 Å². The third kappa shape index (κ3) is 4.74. The Morgan fingerprint density at radius 1 is 1.12 bits per heavy atom. The Balaban J connectivity index is 1.48. The molecule has 1 heterocycles. The largest absolute Gasteiger partial charge is 0.454 e. The van der Waals surface area contributed by atoms with E-state index in [1.807, 2.05) is 19.1 Å². The number of carbonyl (C=O) groups is 1. The van der Waals surface area contributed by atoms with Crippen molar-refractivity contribution in [3.63, 3.8) is 0 Å². The predicted octanol–water partition coefficient (Wildman–Crippen LogP) is 2.17. The molecule has 0 aliphatic carbocycles. The lowest BCUT2D eigenvalue weighted by Crippen LogP contribution is -2.29. The Kier molecular flexibility index (Phi) is 5.43. The maximum absolute atomic E-state index is 12.1. The van der Waals surface area contributed by atoms with Crippen molar-refractivity contribution < 1.29 is 22.7 Å². The predicted molar refractivity (Wildman–Crippen MR) is 97.6 cm³/mol. The molecule has 0 radical (unpaired) electrons. The van der Waals surface area contributed by atoms with E-state index in [1.54, 1.807) is 30.3 Å². The molecule has 0 aromatic heterocycles. The molecule has 2 aromatic rings. The molecular weight excluding hydrogens is 356 g/mol. The van der Waals surface area contributed by atoms with Gasteiger partial charge in [0.05, 0.1) is 5.75 Å². The van der Waals surface area contributed by atoms with Crippen molar-refractivity contribution in [2.45, 2.75) is 19.1 Å². The fraction of sp³-hybridized carbons (Fsp3) is 0.278. The first-order valence-electron chi connectivity index (χ1n) is 8.14. The molecule has 1 aliphatic rings. The molecule has 0 fully saturated rings. The van der Waals surface area contributed by atoms with Crippen LogP contribution in [0.1, 0.15) is 17.5 Å². The molecule has 138 valence electrons. The normalized spacial score (nSPS) is 12.8. The van der Waals surface area contributed by atoms with E-state index in [-0.39, 0.29) is 31.4 Å². The molecule has 1 amide bonds. The van der Waals surface area contributed by atoms with E-state index in [4.69, 9.17) is 9.47 Å². The first-order chi connectivity index (χ1) is 12.4. The Hall–Kier alpha value is -2.58. The lowest BCUT2D eigenvalue weighted by atomic mass is 10.1. The van der Waals surface area contributed by atoms with Crippen LogP contribution < -0.4 is 19.5 Å². The molecule has 2 aromatic carbocycles. The highest BCUT2D eigenvalue weighted by molar-refractivity contribution is 7.88. The van der Waals surface area contributed by atoms with E-state index >= 15 is 0 Å². The van der Waals surface area contributed by atoms with Crippen LogP contribution in [-0.4, -0.2) is 27.7 Å². The topological polar surface area (TPSA) is 93.7 Å². The van der Waals surface area contributed by atoms with Crippen molar-refractivity contribution in [3.05, 3.63) is 53.6 Å². The number of carbonyl (C=O) groups excluding carboxylic acids is 1. The van der Waals surface area contributed by atoms with Crippen molar-refractivity contribution in [3.8, 4) is 11.5 Å². The van der Waals surface area contributed by atoms with Gasteiger partial charge in [-0.3, -0.25) is 4.79 Å². The van der Waals surface area contributed by atoms with Gasteiger partial charge in [-0.2, -0.15) is 0 Å². The fourth-order valence-electron chi connectivity index (χ4n) is 2.55. The van der Waals surface area contributed by atoms with Crippen LogP contribution in [0.2, 0.25) is 0 Å². The fourth-order valence-corrected chi connectivity index (χ4v) is 3.79. The van der Waals surface area contributed by atoms with Gasteiger partial charge in [0.15, 0.2) is 11.5 Å². The number of sulfonamides is 1. The first-order valence-corrected chi connectivity index (χ1v) is 9.79. The standard InChI is InChI=1S/C18H20N2O5S/c1-13-4-2-3-5-14(13)11-26(22,23)19-9-8-18(21)20-15-6-7-16-17(10-15)25-12-24-16/h2-7,10,19H,8-9,11-12H2,1H3,(H,20,21). The average Bonchev–Trinajstić information content (AvgIpc) is 3.04. The second kappa shape index (κ2) is 7.76. The second-order valence-electron chi connectivity index (χ2n) is 5.95. The number of hydrogen-bond acceptors (Lipinski definition) is 5. The minimum atomic E-state index is -3.50. The summed E-state index contributed by atoms with van der Waals surface area (Å²) < 4.78 is 37.2. The summed E-state index contributed by atoms with van der Waals surface area (Å²) in [4.78, 5) is 12.0. The molecule has 7 nitrogen and oxygen atoms in total. The van der Waals surface area contributed by atoms with Crippen LogP contribution in [0.5, 0.6) is 11.5 Å². The third-order valence-electron chi connectivity index (χ3n) is 3.94. The molecule has 0 bridgehead atoms. The molecule has 0 saturated carbocycles. The number of benzene rings is 2. The van der Waals surface area contributed by atoms with Crippen LogP contribution in [0.3, 0.4) is 0 Å². The van der Waals surface area contributed by atoms with Crippen LogP contribution in [0, 0.1) is 6.92 Å². The quantitative estimate of drug-likeness (QED) is 0.772. The van der Waals surface area contributed by atoms with Crippen molar-refractivity contribution >= 4 is 21.6 Å². The van der Waals surface area contributed by atoms with Crippen LogP contribution in [0.15, 0.2) is 42.5 Å². The number of fused-ring (bicyclic) bond motifs is 1. The minimum Gasteiger partial charge on any atom is -0.454 e.